The van der Waals surface area contributed by atoms with Crippen LogP contribution < -0.4 is 10.1 Å². The molecule has 0 saturated carbocycles. The molecule has 1 aromatic heterocycles. The van der Waals surface area contributed by atoms with E-state index in [0.29, 0.717) is 41.3 Å². The number of H-pyrrole nitrogens is 1. The van der Waals surface area contributed by atoms with E-state index in [1.54, 1.807) is 24.3 Å². The fourth-order valence-corrected chi connectivity index (χ4v) is 2.91. The van der Waals surface area contributed by atoms with Crippen molar-refractivity contribution in [3.63, 3.8) is 0 Å². The second-order valence-corrected chi connectivity index (χ2v) is 7.05. The maximum Gasteiger partial charge on any atom is 0.432 e. The van der Waals surface area contributed by atoms with E-state index in [9.17, 15) is 18.0 Å². The predicted molar refractivity (Wildman–Crippen MR) is 118 cm³/mol. The van der Waals surface area contributed by atoms with Crippen LogP contribution in [0.25, 0.3) is 11.4 Å². The lowest BCUT2D eigenvalue weighted by Crippen LogP contribution is -2.12. The van der Waals surface area contributed by atoms with Crippen LogP contribution in [0, 0.1) is 11.8 Å². The number of nitrogens with one attached hydrogen (secondary N) is 2. The summed E-state index contributed by atoms with van der Waals surface area (Å²) in [5, 5.41) is 3.09. The molecule has 0 radical (unpaired) electrons. The second-order valence-electron chi connectivity index (χ2n) is 6.61. The molecule has 0 aliphatic carbocycles. The van der Waals surface area contributed by atoms with Crippen molar-refractivity contribution in [1.82, 2.24) is 9.97 Å². The van der Waals surface area contributed by atoms with Crippen LogP contribution in [0.15, 0.2) is 48.7 Å². The number of hydrogen-bond donors (Lipinski definition) is 2. The fraction of sp³-hybridized carbons (Fsp3) is 0.217. The van der Waals surface area contributed by atoms with Gasteiger partial charge in [-0.15, -0.1) is 0 Å². The van der Waals surface area contributed by atoms with Gasteiger partial charge in [0.25, 0.3) is 0 Å². The van der Waals surface area contributed by atoms with Crippen LogP contribution in [0.3, 0.4) is 0 Å². The minimum Gasteiger partial charge on any atom is -0.489 e. The first-order valence-electron chi connectivity index (χ1n) is 9.82. The van der Waals surface area contributed by atoms with Gasteiger partial charge in [-0.3, -0.25) is 4.79 Å². The Hall–Kier alpha value is -3.48. The Bertz CT molecular complexity index is 1180. The number of benzene rings is 2. The van der Waals surface area contributed by atoms with Crippen molar-refractivity contribution in [2.45, 2.75) is 13.1 Å². The minimum atomic E-state index is -4.56. The molecule has 0 unspecified atom stereocenters. The molecule has 0 aliphatic heterocycles. The third kappa shape index (κ3) is 7.00. The molecule has 3 aromatic rings. The SMILES string of the molecule is CCOCCOc1ccc(-c2ncc(C(F)(F)F)[nH]2)cc1NC(=O)C#Cc1cccc(Cl)c1. The zero-order valence-corrected chi connectivity index (χ0v) is 18.2. The topological polar surface area (TPSA) is 76.2 Å². The van der Waals surface area contributed by atoms with Gasteiger partial charge >= 0.3 is 12.1 Å². The van der Waals surface area contributed by atoms with E-state index in [0.717, 1.165) is 0 Å². The molecule has 172 valence electrons. The molecule has 0 bridgehead atoms. The van der Waals surface area contributed by atoms with Crippen molar-refractivity contribution in [2.24, 2.45) is 0 Å². The number of alkyl halides is 3. The van der Waals surface area contributed by atoms with Gasteiger partial charge in [0, 0.05) is 28.7 Å². The summed E-state index contributed by atoms with van der Waals surface area (Å²) in [6.07, 6.45) is -3.85. The molecule has 1 heterocycles. The lowest BCUT2D eigenvalue weighted by atomic mass is 10.1. The predicted octanol–water partition coefficient (Wildman–Crippen LogP) is 5.15. The van der Waals surface area contributed by atoms with Crippen molar-refractivity contribution in [3.05, 3.63) is 64.9 Å². The number of aromatic amines is 1. The average Bonchev–Trinajstić information content (AvgIpc) is 3.27. The van der Waals surface area contributed by atoms with Crippen LogP contribution >= 0.6 is 11.6 Å². The second kappa shape index (κ2) is 10.9. The lowest BCUT2D eigenvalue weighted by molar-refractivity contribution is -0.140. The van der Waals surface area contributed by atoms with Gasteiger partial charge in [0.05, 0.1) is 18.5 Å². The number of rotatable bonds is 7. The largest absolute Gasteiger partial charge is 0.489 e. The summed E-state index contributed by atoms with van der Waals surface area (Å²) < 4.78 is 49.6. The first-order chi connectivity index (χ1) is 15.8. The monoisotopic (exact) mass is 477 g/mol. The van der Waals surface area contributed by atoms with Crippen molar-refractivity contribution >= 4 is 23.2 Å². The molecule has 10 heteroatoms. The summed E-state index contributed by atoms with van der Waals surface area (Å²) in [4.78, 5) is 18.4. The fourth-order valence-electron chi connectivity index (χ4n) is 2.72. The van der Waals surface area contributed by atoms with Crippen molar-refractivity contribution in [1.29, 1.82) is 0 Å². The Morgan fingerprint density at radius 2 is 2.03 bits per heavy atom. The van der Waals surface area contributed by atoms with Crippen LogP contribution in [-0.4, -0.2) is 35.7 Å². The Labute approximate surface area is 193 Å². The molecule has 0 spiro atoms. The van der Waals surface area contributed by atoms with Gasteiger partial charge in [-0.1, -0.05) is 23.6 Å². The molecule has 1 amide bonds. The Morgan fingerprint density at radius 3 is 2.73 bits per heavy atom. The third-order valence-corrected chi connectivity index (χ3v) is 4.45. The Kier molecular flexibility index (Phi) is 7.98. The number of halogens is 4. The van der Waals surface area contributed by atoms with E-state index in [1.165, 1.54) is 18.2 Å². The Morgan fingerprint density at radius 1 is 1.21 bits per heavy atom. The van der Waals surface area contributed by atoms with Gasteiger partial charge in [0.1, 0.15) is 23.9 Å². The average molecular weight is 478 g/mol. The van der Waals surface area contributed by atoms with Crippen LogP contribution in [0.5, 0.6) is 5.75 Å². The van der Waals surface area contributed by atoms with Gasteiger partial charge in [0.15, 0.2) is 0 Å². The molecular weight excluding hydrogens is 459 g/mol. The molecule has 0 fully saturated rings. The smallest absolute Gasteiger partial charge is 0.432 e. The molecule has 2 N–H and O–H groups in total. The maximum absolute atomic E-state index is 12.9. The lowest BCUT2D eigenvalue weighted by Gasteiger charge is -2.13. The zero-order chi connectivity index (χ0) is 23.8. The van der Waals surface area contributed by atoms with Crippen LogP contribution in [0.4, 0.5) is 18.9 Å². The molecular formula is C23H19ClF3N3O3. The number of carbonyl (C=O) groups excluding carboxylic acids is 1. The highest BCUT2D eigenvalue weighted by molar-refractivity contribution is 6.30. The van der Waals surface area contributed by atoms with Crippen molar-refractivity contribution in [2.75, 3.05) is 25.1 Å². The molecule has 2 aromatic carbocycles. The number of anilines is 1. The van der Waals surface area contributed by atoms with Gasteiger partial charge in [0.2, 0.25) is 0 Å². The van der Waals surface area contributed by atoms with E-state index in [-0.39, 0.29) is 18.1 Å². The number of nitrogens with zero attached hydrogens (tertiary/aromatic N) is 1. The summed E-state index contributed by atoms with van der Waals surface area (Å²) in [5.74, 6) is 4.80. The summed E-state index contributed by atoms with van der Waals surface area (Å²) in [7, 11) is 0. The standard InChI is InChI=1S/C23H19ClF3N3O3/c1-2-32-10-11-33-19-8-7-16(22-28-14-20(30-22)23(25,26)27)13-18(19)29-21(31)9-6-15-4-3-5-17(24)12-15/h3-5,7-8,12-14H,2,10-11H2,1H3,(H,28,30)(H,29,31). The number of carbonyl (C=O) groups is 1. The summed E-state index contributed by atoms with van der Waals surface area (Å²) in [5.41, 5.74) is 0.113. The highest BCUT2D eigenvalue weighted by atomic mass is 35.5. The van der Waals surface area contributed by atoms with E-state index in [4.69, 9.17) is 21.1 Å². The van der Waals surface area contributed by atoms with E-state index >= 15 is 0 Å². The van der Waals surface area contributed by atoms with Crippen LogP contribution in [-0.2, 0) is 15.7 Å². The molecule has 6 nitrogen and oxygen atoms in total. The summed E-state index contributed by atoms with van der Waals surface area (Å²) >= 11 is 5.91. The number of aromatic nitrogens is 2. The van der Waals surface area contributed by atoms with Crippen LogP contribution in [0.2, 0.25) is 5.02 Å². The highest BCUT2D eigenvalue weighted by Crippen LogP contribution is 2.32. The molecule has 0 aliphatic rings. The number of ether oxygens (including phenoxy) is 2. The quantitative estimate of drug-likeness (QED) is 0.364. The molecule has 0 saturated heterocycles. The van der Waals surface area contributed by atoms with Gasteiger partial charge in [-0.25, -0.2) is 4.98 Å². The van der Waals surface area contributed by atoms with Gasteiger partial charge < -0.3 is 19.8 Å². The number of amides is 1. The first kappa shape index (κ1) is 24.2. The molecule has 0 atom stereocenters. The van der Waals surface area contributed by atoms with E-state index < -0.39 is 17.8 Å². The molecule has 33 heavy (non-hydrogen) atoms. The van der Waals surface area contributed by atoms with E-state index in [1.807, 2.05) is 6.92 Å². The maximum atomic E-state index is 12.9. The first-order valence-corrected chi connectivity index (χ1v) is 10.2. The third-order valence-electron chi connectivity index (χ3n) is 4.22. The van der Waals surface area contributed by atoms with Gasteiger partial charge in [-0.05, 0) is 43.3 Å². The van der Waals surface area contributed by atoms with Crippen LogP contribution in [0.1, 0.15) is 18.2 Å². The van der Waals surface area contributed by atoms with E-state index in [2.05, 4.69) is 27.1 Å². The highest BCUT2D eigenvalue weighted by Gasteiger charge is 2.33. The minimum absolute atomic E-state index is 0.0105. The summed E-state index contributed by atoms with van der Waals surface area (Å²) in [6.45, 7) is 2.90. The molecule has 3 rings (SSSR count). The number of hydrogen-bond acceptors (Lipinski definition) is 4. The Balaban J connectivity index is 1.85. The normalized spacial score (nSPS) is 10.9. The van der Waals surface area contributed by atoms with Crippen molar-refractivity contribution in [3.8, 4) is 29.0 Å². The van der Waals surface area contributed by atoms with Gasteiger partial charge in [-0.2, -0.15) is 13.2 Å². The van der Waals surface area contributed by atoms with Crippen molar-refractivity contribution < 1.29 is 27.4 Å². The number of imidazole rings is 1. The summed E-state index contributed by atoms with van der Waals surface area (Å²) in [6, 6.07) is 11.2. The zero-order valence-electron chi connectivity index (χ0n) is 17.4.